The number of aryl methyl sites for hydroxylation is 1. The molecule has 2 fully saturated rings. The third kappa shape index (κ3) is 4.38. The van der Waals surface area contributed by atoms with Crippen LogP contribution in [0.5, 0.6) is 5.75 Å². The summed E-state index contributed by atoms with van der Waals surface area (Å²) < 4.78 is 18.1. The van der Waals surface area contributed by atoms with Gasteiger partial charge in [0.2, 0.25) is 0 Å². The van der Waals surface area contributed by atoms with Gasteiger partial charge in [-0.25, -0.2) is 0 Å². The smallest absolute Gasteiger partial charge is 0.145 e. The zero-order chi connectivity index (χ0) is 17.8. The van der Waals surface area contributed by atoms with Gasteiger partial charge in [-0.05, 0) is 37.1 Å². The van der Waals surface area contributed by atoms with Crippen LogP contribution in [0.4, 0.5) is 0 Å². The molecule has 0 unspecified atom stereocenters. The van der Waals surface area contributed by atoms with E-state index < -0.39 is 0 Å². The fraction of sp³-hybridized carbons (Fsp3) is 0.500. The van der Waals surface area contributed by atoms with Crippen LogP contribution in [0, 0.1) is 6.92 Å². The van der Waals surface area contributed by atoms with Gasteiger partial charge in [0.05, 0.1) is 31.6 Å². The summed E-state index contributed by atoms with van der Waals surface area (Å²) in [5.41, 5.74) is 2.24. The van der Waals surface area contributed by atoms with Crippen LogP contribution in [-0.4, -0.2) is 66.0 Å². The summed E-state index contributed by atoms with van der Waals surface area (Å²) in [6.07, 6.45) is 6.64. The second-order valence-corrected chi connectivity index (χ2v) is 6.99. The van der Waals surface area contributed by atoms with E-state index in [4.69, 9.17) is 14.2 Å². The van der Waals surface area contributed by atoms with E-state index >= 15 is 0 Å². The molecule has 138 valence electrons. The molecule has 0 amide bonds. The molecule has 0 bridgehead atoms. The van der Waals surface area contributed by atoms with Crippen molar-refractivity contribution in [2.45, 2.75) is 31.7 Å². The Labute approximate surface area is 154 Å². The maximum atomic E-state index is 6.09. The summed E-state index contributed by atoms with van der Waals surface area (Å²) in [5.74, 6) is 0.762. The lowest BCUT2D eigenvalue weighted by Gasteiger charge is -2.19. The maximum absolute atomic E-state index is 6.09. The molecule has 2 aromatic rings. The van der Waals surface area contributed by atoms with Gasteiger partial charge in [0, 0.05) is 37.7 Å². The summed E-state index contributed by atoms with van der Waals surface area (Å²) in [7, 11) is 0. The number of hydrogen-bond acceptors (Lipinski definition) is 6. The molecule has 0 aromatic carbocycles. The van der Waals surface area contributed by atoms with Crippen LogP contribution in [0.1, 0.15) is 11.3 Å². The summed E-state index contributed by atoms with van der Waals surface area (Å²) in [6.45, 7) is 5.87. The van der Waals surface area contributed by atoms with Crippen molar-refractivity contribution in [3.8, 4) is 5.75 Å². The molecule has 6 nitrogen and oxygen atoms in total. The van der Waals surface area contributed by atoms with E-state index in [-0.39, 0.29) is 18.3 Å². The number of pyridine rings is 2. The van der Waals surface area contributed by atoms with Crippen LogP contribution in [0.2, 0.25) is 0 Å². The lowest BCUT2D eigenvalue weighted by atomic mass is 10.2. The Hall–Kier alpha value is -2.02. The highest BCUT2D eigenvalue weighted by atomic mass is 16.6. The number of rotatable bonds is 5. The lowest BCUT2D eigenvalue weighted by molar-refractivity contribution is -0.00461. The summed E-state index contributed by atoms with van der Waals surface area (Å²) in [5, 5.41) is 0. The second-order valence-electron chi connectivity index (χ2n) is 6.99. The van der Waals surface area contributed by atoms with Crippen LogP contribution in [0.3, 0.4) is 0 Å². The zero-order valence-corrected chi connectivity index (χ0v) is 15.1. The average molecular weight is 355 g/mol. The van der Waals surface area contributed by atoms with Gasteiger partial charge in [-0.2, -0.15) is 0 Å². The molecule has 4 heterocycles. The van der Waals surface area contributed by atoms with Crippen molar-refractivity contribution >= 4 is 0 Å². The second kappa shape index (κ2) is 8.12. The molecule has 0 aliphatic carbocycles. The van der Waals surface area contributed by atoms with E-state index in [0.29, 0.717) is 13.2 Å². The fourth-order valence-electron chi connectivity index (χ4n) is 3.45. The first-order valence-electron chi connectivity index (χ1n) is 9.20. The summed E-state index contributed by atoms with van der Waals surface area (Å²) in [6, 6.07) is 7.99. The predicted octanol–water partition coefficient (Wildman–Crippen LogP) is 1.87. The Morgan fingerprint density at radius 3 is 2.58 bits per heavy atom. The summed E-state index contributed by atoms with van der Waals surface area (Å²) in [4.78, 5) is 10.8. The Morgan fingerprint density at radius 1 is 1.12 bits per heavy atom. The molecule has 0 saturated carbocycles. The van der Waals surface area contributed by atoms with E-state index in [1.165, 1.54) is 5.56 Å². The quantitative estimate of drug-likeness (QED) is 0.816. The number of ether oxygens (including phenoxy) is 3. The van der Waals surface area contributed by atoms with Crippen molar-refractivity contribution in [1.29, 1.82) is 0 Å². The van der Waals surface area contributed by atoms with Crippen molar-refractivity contribution in [3.63, 3.8) is 0 Å². The standard InChI is InChI=1S/C20H25N3O3/c1-15-4-5-17(10-22-15)26-18-13-24-19-11-23(12-20(19)25-14-18)8-6-16-3-2-7-21-9-16/h2-5,7,9-10,18-20H,6,8,11-14H2,1H3/t19-,20-/m0/s1. The van der Waals surface area contributed by atoms with Crippen LogP contribution in [0.15, 0.2) is 42.9 Å². The first kappa shape index (κ1) is 17.4. The zero-order valence-electron chi connectivity index (χ0n) is 15.1. The normalized spacial score (nSPS) is 24.2. The highest BCUT2D eigenvalue weighted by Crippen LogP contribution is 2.22. The molecule has 0 radical (unpaired) electrons. The van der Waals surface area contributed by atoms with Gasteiger partial charge < -0.3 is 14.2 Å². The van der Waals surface area contributed by atoms with E-state index in [1.54, 1.807) is 6.20 Å². The molecule has 0 spiro atoms. The molecule has 2 saturated heterocycles. The van der Waals surface area contributed by atoms with Gasteiger partial charge in [0.1, 0.15) is 11.9 Å². The molecule has 4 rings (SSSR count). The Kier molecular flexibility index (Phi) is 5.43. The van der Waals surface area contributed by atoms with E-state index in [9.17, 15) is 0 Å². The van der Waals surface area contributed by atoms with Gasteiger partial charge in [-0.15, -0.1) is 0 Å². The first-order chi connectivity index (χ1) is 12.8. The van der Waals surface area contributed by atoms with Crippen molar-refractivity contribution in [2.24, 2.45) is 0 Å². The molecular formula is C20H25N3O3. The van der Waals surface area contributed by atoms with Crippen LogP contribution in [0.25, 0.3) is 0 Å². The Morgan fingerprint density at radius 2 is 1.92 bits per heavy atom. The van der Waals surface area contributed by atoms with Crippen molar-refractivity contribution in [3.05, 3.63) is 54.1 Å². The molecular weight excluding hydrogens is 330 g/mol. The third-order valence-corrected chi connectivity index (χ3v) is 4.91. The van der Waals surface area contributed by atoms with Gasteiger partial charge in [0.15, 0.2) is 0 Å². The molecule has 6 heteroatoms. The van der Waals surface area contributed by atoms with Crippen molar-refractivity contribution < 1.29 is 14.2 Å². The number of hydrogen-bond donors (Lipinski definition) is 0. The van der Waals surface area contributed by atoms with E-state index in [0.717, 1.165) is 37.5 Å². The number of likely N-dealkylation sites (tertiary alicyclic amines) is 1. The third-order valence-electron chi connectivity index (χ3n) is 4.91. The minimum absolute atomic E-state index is 0.0889. The SMILES string of the molecule is Cc1ccc(OC2CO[C@H]3CN(CCc4cccnc4)C[C@@H]3OC2)cn1. The average Bonchev–Trinajstić information content (AvgIpc) is 2.98. The maximum Gasteiger partial charge on any atom is 0.145 e. The minimum atomic E-state index is -0.0889. The Balaban J connectivity index is 1.25. The first-order valence-corrected chi connectivity index (χ1v) is 9.20. The summed E-state index contributed by atoms with van der Waals surface area (Å²) >= 11 is 0. The largest absolute Gasteiger partial charge is 0.484 e. The number of aromatic nitrogens is 2. The van der Waals surface area contributed by atoms with Crippen molar-refractivity contribution in [2.75, 3.05) is 32.8 Å². The topological polar surface area (TPSA) is 56.7 Å². The van der Waals surface area contributed by atoms with Gasteiger partial charge in [-0.1, -0.05) is 6.07 Å². The van der Waals surface area contributed by atoms with Gasteiger partial charge >= 0.3 is 0 Å². The lowest BCUT2D eigenvalue weighted by Crippen LogP contribution is -2.30. The molecule has 0 N–H and O–H groups in total. The predicted molar refractivity (Wildman–Crippen MR) is 97.3 cm³/mol. The molecule has 26 heavy (non-hydrogen) atoms. The van der Waals surface area contributed by atoms with Gasteiger partial charge in [-0.3, -0.25) is 14.9 Å². The van der Waals surface area contributed by atoms with E-state index in [2.05, 4.69) is 20.9 Å². The van der Waals surface area contributed by atoms with Crippen LogP contribution >= 0.6 is 0 Å². The fourth-order valence-corrected chi connectivity index (χ4v) is 3.45. The van der Waals surface area contributed by atoms with Gasteiger partial charge in [0.25, 0.3) is 0 Å². The van der Waals surface area contributed by atoms with Crippen LogP contribution < -0.4 is 4.74 Å². The molecule has 2 aromatic heterocycles. The highest BCUT2D eigenvalue weighted by molar-refractivity contribution is 5.19. The molecule has 2 aliphatic heterocycles. The monoisotopic (exact) mass is 355 g/mol. The van der Waals surface area contributed by atoms with Crippen LogP contribution in [-0.2, 0) is 15.9 Å². The minimum Gasteiger partial charge on any atom is -0.484 e. The Bertz CT molecular complexity index is 679. The van der Waals surface area contributed by atoms with E-state index in [1.807, 2.05) is 37.5 Å². The van der Waals surface area contributed by atoms with Crippen molar-refractivity contribution in [1.82, 2.24) is 14.9 Å². The molecule has 2 atom stereocenters. The highest BCUT2D eigenvalue weighted by Gasteiger charge is 2.37. The number of nitrogens with zero attached hydrogens (tertiary/aromatic N) is 3. The molecule has 2 aliphatic rings. The number of fused-ring (bicyclic) bond motifs is 1.